The molecule has 2 saturated heterocycles. The molecule has 7 rings (SSSR count). The Morgan fingerprint density at radius 3 is 2.00 bits per heavy atom. The molecule has 13 nitrogen and oxygen atoms in total. The van der Waals surface area contributed by atoms with E-state index in [-0.39, 0.29) is 63.6 Å². The number of ether oxygens (including phenoxy) is 4. The summed E-state index contributed by atoms with van der Waals surface area (Å²) in [5.74, 6) is 0.130. The standard InChI is InChI=1S/C41H68O13/c1-36(2)26(53-34-31(49)28(46)22(45)18-51-34)12-14-39(6)25-10-9-24-38(5)13-11-19(37(3,4)54-35-32(50)30(48)29(47)23(17-42)52-35)27(38)20(43)15-40(24,7)41(25,8)16-21(44)33(36)39/h19-20,22-35,42-43,45-50H,9-18H2,1-8H3/t19-,20+,22-,23-,24-,25-,26+,27-,28+,29-,30+,31-,32-,33+,34+,35+,38-,39-,40-,41-/m1/s1. The van der Waals surface area contributed by atoms with Crippen molar-refractivity contribution in [1.29, 1.82) is 0 Å². The first-order valence-electron chi connectivity index (χ1n) is 20.5. The average molecular weight is 769 g/mol. The van der Waals surface area contributed by atoms with Gasteiger partial charge in [0.05, 0.1) is 31.0 Å². The zero-order valence-electron chi connectivity index (χ0n) is 33.4. The molecule has 0 aromatic heterocycles. The van der Waals surface area contributed by atoms with E-state index >= 15 is 0 Å². The SMILES string of the molecule is CC(C)(O[C@@H]1O[C@H](CO)[C@@H](O)[C@H](O)[C@H]1O)[C@@H]1CC[C@@]2(C)[C@H]1[C@@H](O)C[C@]1(C)[C@@H]2CC[C@@H]2[C@@]3(C)CC[C@H](O[C@@H]4OC[C@@H](O)[C@H](O)[C@H]4O)C(C)(C)[C@@H]3C(=O)C[C@]21C. The Labute approximate surface area is 319 Å². The van der Waals surface area contributed by atoms with Crippen LogP contribution in [0.4, 0.5) is 0 Å². The Morgan fingerprint density at radius 2 is 1.35 bits per heavy atom. The predicted octanol–water partition coefficient (Wildman–Crippen LogP) is 1.66. The highest BCUT2D eigenvalue weighted by atomic mass is 16.7. The Morgan fingerprint density at radius 1 is 0.741 bits per heavy atom. The van der Waals surface area contributed by atoms with E-state index in [1.165, 1.54) is 0 Å². The second-order valence-corrected chi connectivity index (χ2v) is 20.7. The van der Waals surface area contributed by atoms with E-state index in [2.05, 4.69) is 41.5 Å². The van der Waals surface area contributed by atoms with Crippen LogP contribution in [0.2, 0.25) is 0 Å². The summed E-state index contributed by atoms with van der Waals surface area (Å²) >= 11 is 0. The van der Waals surface area contributed by atoms with E-state index in [9.17, 15) is 45.6 Å². The zero-order valence-corrected chi connectivity index (χ0v) is 33.4. The third-order valence-electron chi connectivity index (χ3n) is 17.4. The molecular weight excluding hydrogens is 700 g/mol. The van der Waals surface area contributed by atoms with Crippen LogP contribution in [0.3, 0.4) is 0 Å². The molecule has 0 aromatic rings. The summed E-state index contributed by atoms with van der Waals surface area (Å²) < 4.78 is 24.2. The van der Waals surface area contributed by atoms with Gasteiger partial charge < -0.3 is 59.8 Å². The van der Waals surface area contributed by atoms with Crippen LogP contribution in [0.25, 0.3) is 0 Å². The van der Waals surface area contributed by atoms with Crippen molar-refractivity contribution in [3.63, 3.8) is 0 Å². The minimum atomic E-state index is -1.54. The van der Waals surface area contributed by atoms with Gasteiger partial charge in [0.25, 0.3) is 0 Å². The fourth-order valence-corrected chi connectivity index (χ4v) is 14.8. The normalized spacial score (nSPS) is 56.0. The van der Waals surface area contributed by atoms with E-state index in [0.717, 1.165) is 32.1 Å². The van der Waals surface area contributed by atoms with E-state index in [4.69, 9.17) is 18.9 Å². The largest absolute Gasteiger partial charge is 0.394 e. The highest BCUT2D eigenvalue weighted by Gasteiger charge is 2.74. The van der Waals surface area contributed by atoms with E-state index in [1.54, 1.807) is 0 Å². The molecule has 310 valence electrons. The Kier molecular flexibility index (Phi) is 10.4. The minimum Gasteiger partial charge on any atom is -0.394 e. The zero-order chi connectivity index (χ0) is 39.7. The number of Topliss-reactive ketones (excluding diaryl/α,β-unsaturated/α-hetero) is 1. The molecule has 0 bridgehead atoms. The predicted molar refractivity (Wildman–Crippen MR) is 193 cm³/mol. The second-order valence-electron chi connectivity index (χ2n) is 20.7. The quantitative estimate of drug-likeness (QED) is 0.181. The number of rotatable bonds is 6. The first kappa shape index (κ1) is 41.4. The number of aliphatic hydroxyl groups is 8. The number of hydrogen-bond donors (Lipinski definition) is 8. The van der Waals surface area contributed by atoms with Gasteiger partial charge in [0.15, 0.2) is 12.6 Å². The summed E-state index contributed by atoms with van der Waals surface area (Å²) in [6.07, 6.45) is -7.12. The van der Waals surface area contributed by atoms with Crippen molar-refractivity contribution >= 4 is 5.78 Å². The van der Waals surface area contributed by atoms with Crippen LogP contribution in [0, 0.1) is 56.7 Å². The van der Waals surface area contributed by atoms with Gasteiger partial charge in [0.1, 0.15) is 48.5 Å². The summed E-state index contributed by atoms with van der Waals surface area (Å²) in [6.45, 7) is 16.6. The molecule has 0 amide bonds. The molecule has 5 aliphatic carbocycles. The van der Waals surface area contributed by atoms with Crippen LogP contribution in [0.5, 0.6) is 0 Å². The molecule has 0 spiro atoms. The Bertz CT molecular complexity index is 1420. The Balaban J connectivity index is 1.13. The van der Waals surface area contributed by atoms with Crippen LogP contribution in [0.1, 0.15) is 107 Å². The highest BCUT2D eigenvalue weighted by molar-refractivity contribution is 5.85. The van der Waals surface area contributed by atoms with Crippen LogP contribution >= 0.6 is 0 Å². The van der Waals surface area contributed by atoms with Crippen LogP contribution in [0.15, 0.2) is 0 Å². The maximum absolute atomic E-state index is 14.8. The topological polar surface area (TPSA) is 216 Å². The summed E-state index contributed by atoms with van der Waals surface area (Å²) in [7, 11) is 0. The monoisotopic (exact) mass is 768 g/mol. The molecule has 2 aliphatic heterocycles. The average Bonchev–Trinajstić information content (AvgIpc) is 3.46. The van der Waals surface area contributed by atoms with Gasteiger partial charge in [-0.1, -0.05) is 41.5 Å². The van der Waals surface area contributed by atoms with Crippen molar-refractivity contribution in [1.82, 2.24) is 0 Å². The maximum Gasteiger partial charge on any atom is 0.187 e. The molecule has 0 aromatic carbocycles. The summed E-state index contributed by atoms with van der Waals surface area (Å²) in [5.41, 5.74) is -2.79. The summed E-state index contributed by atoms with van der Waals surface area (Å²) in [4.78, 5) is 14.8. The molecule has 5 saturated carbocycles. The minimum absolute atomic E-state index is 0.109. The van der Waals surface area contributed by atoms with Crippen molar-refractivity contribution in [3.05, 3.63) is 0 Å². The number of aliphatic hydroxyl groups excluding tert-OH is 8. The molecule has 8 N–H and O–H groups in total. The lowest BCUT2D eigenvalue weighted by Gasteiger charge is -2.73. The fraction of sp³-hybridized carbons (Fsp3) is 0.976. The number of carbonyl (C=O) groups is 1. The number of ketones is 1. The first-order chi connectivity index (χ1) is 25.0. The maximum atomic E-state index is 14.8. The van der Waals surface area contributed by atoms with Crippen LogP contribution in [-0.2, 0) is 23.7 Å². The van der Waals surface area contributed by atoms with E-state index in [0.29, 0.717) is 19.3 Å². The summed E-state index contributed by atoms with van der Waals surface area (Å²) in [5, 5.41) is 84.7. The smallest absolute Gasteiger partial charge is 0.187 e. The van der Waals surface area contributed by atoms with Crippen molar-refractivity contribution < 1.29 is 64.6 Å². The van der Waals surface area contributed by atoms with Gasteiger partial charge in [-0.25, -0.2) is 0 Å². The van der Waals surface area contributed by atoms with Crippen molar-refractivity contribution in [2.45, 2.75) is 180 Å². The van der Waals surface area contributed by atoms with Crippen molar-refractivity contribution in [2.24, 2.45) is 56.7 Å². The van der Waals surface area contributed by atoms with Crippen LogP contribution in [-0.4, -0.2) is 133 Å². The summed E-state index contributed by atoms with van der Waals surface area (Å²) in [6, 6.07) is 0. The molecule has 7 aliphatic rings. The number of carbonyl (C=O) groups excluding carboxylic acids is 1. The third kappa shape index (κ3) is 5.79. The fourth-order valence-electron chi connectivity index (χ4n) is 14.8. The van der Waals surface area contributed by atoms with Gasteiger partial charge in [-0.3, -0.25) is 4.79 Å². The van der Waals surface area contributed by atoms with Crippen LogP contribution < -0.4 is 0 Å². The van der Waals surface area contributed by atoms with Gasteiger partial charge in [0.2, 0.25) is 0 Å². The van der Waals surface area contributed by atoms with E-state index < -0.39 is 85.1 Å². The second kappa shape index (κ2) is 13.6. The van der Waals surface area contributed by atoms with Gasteiger partial charge in [-0.05, 0) is 104 Å². The molecule has 20 atom stereocenters. The van der Waals surface area contributed by atoms with Crippen molar-refractivity contribution in [3.8, 4) is 0 Å². The third-order valence-corrected chi connectivity index (χ3v) is 17.4. The molecule has 54 heavy (non-hydrogen) atoms. The molecule has 0 unspecified atom stereocenters. The highest BCUT2D eigenvalue weighted by Crippen LogP contribution is 2.78. The molecule has 13 heteroatoms. The Hall–Kier alpha value is -0.810. The molecule has 7 fully saturated rings. The van der Waals surface area contributed by atoms with Gasteiger partial charge in [-0.15, -0.1) is 0 Å². The lowest BCUT2D eigenvalue weighted by atomic mass is 9.31. The molecular formula is C41H68O13. The van der Waals surface area contributed by atoms with Gasteiger partial charge in [-0.2, -0.15) is 0 Å². The molecule has 2 heterocycles. The van der Waals surface area contributed by atoms with Crippen molar-refractivity contribution in [2.75, 3.05) is 13.2 Å². The lowest BCUT2D eigenvalue weighted by molar-refractivity contribution is -0.332. The number of fused-ring (bicyclic) bond motifs is 7. The van der Waals surface area contributed by atoms with Gasteiger partial charge in [0, 0.05) is 17.8 Å². The lowest BCUT2D eigenvalue weighted by Crippen LogP contribution is -2.71. The van der Waals surface area contributed by atoms with Gasteiger partial charge >= 0.3 is 0 Å². The molecule has 0 radical (unpaired) electrons. The first-order valence-corrected chi connectivity index (χ1v) is 20.5. The number of hydrogen-bond acceptors (Lipinski definition) is 13. The van der Waals surface area contributed by atoms with E-state index in [1.807, 2.05) is 13.8 Å².